The van der Waals surface area contributed by atoms with Crippen molar-refractivity contribution in [3.05, 3.63) is 35.6 Å². The summed E-state index contributed by atoms with van der Waals surface area (Å²) in [6.07, 6.45) is 3.19. The predicted molar refractivity (Wildman–Crippen MR) is 60.1 cm³/mol. The molecule has 16 heavy (non-hydrogen) atoms. The van der Waals surface area contributed by atoms with Gasteiger partial charge in [-0.3, -0.25) is 4.90 Å². The van der Waals surface area contributed by atoms with Crippen LogP contribution < -0.4 is 0 Å². The summed E-state index contributed by atoms with van der Waals surface area (Å²) in [4.78, 5) is 2.14. The van der Waals surface area contributed by atoms with Crippen molar-refractivity contribution in [2.75, 3.05) is 6.54 Å². The average Bonchev–Trinajstić information content (AvgIpc) is 2.30. The predicted octanol–water partition coefficient (Wildman–Crippen LogP) is 2.70. The number of nitrogens with zero attached hydrogens (tertiary/aromatic N) is 2. The zero-order chi connectivity index (χ0) is 11.4. The van der Waals surface area contributed by atoms with Gasteiger partial charge in [-0.2, -0.15) is 5.26 Å². The molecule has 0 aliphatic carbocycles. The van der Waals surface area contributed by atoms with Gasteiger partial charge >= 0.3 is 0 Å². The van der Waals surface area contributed by atoms with Crippen LogP contribution >= 0.6 is 0 Å². The Balaban J connectivity index is 2.05. The van der Waals surface area contributed by atoms with Crippen LogP contribution in [-0.4, -0.2) is 17.5 Å². The van der Waals surface area contributed by atoms with Gasteiger partial charge in [0.05, 0.1) is 12.1 Å². The van der Waals surface area contributed by atoms with Crippen molar-refractivity contribution in [1.29, 1.82) is 5.26 Å². The van der Waals surface area contributed by atoms with E-state index in [4.69, 9.17) is 5.26 Å². The van der Waals surface area contributed by atoms with E-state index in [2.05, 4.69) is 11.0 Å². The molecular weight excluding hydrogens is 203 g/mol. The first kappa shape index (κ1) is 11.1. The van der Waals surface area contributed by atoms with Gasteiger partial charge in [-0.15, -0.1) is 0 Å². The van der Waals surface area contributed by atoms with Crippen molar-refractivity contribution < 1.29 is 4.39 Å². The third kappa shape index (κ3) is 2.59. The molecular formula is C13H15FN2. The monoisotopic (exact) mass is 218 g/mol. The molecule has 1 aromatic rings. The van der Waals surface area contributed by atoms with Crippen LogP contribution in [0.4, 0.5) is 4.39 Å². The minimum Gasteiger partial charge on any atom is -0.284 e. The van der Waals surface area contributed by atoms with Gasteiger partial charge in [0.1, 0.15) is 5.82 Å². The van der Waals surface area contributed by atoms with Gasteiger partial charge in [-0.1, -0.05) is 12.1 Å². The van der Waals surface area contributed by atoms with Crippen LogP contribution in [0.1, 0.15) is 24.8 Å². The maximum atomic E-state index is 13.0. The fourth-order valence-corrected chi connectivity index (χ4v) is 2.20. The summed E-state index contributed by atoms with van der Waals surface area (Å²) in [7, 11) is 0. The number of hydrogen-bond donors (Lipinski definition) is 0. The van der Waals surface area contributed by atoms with Crippen molar-refractivity contribution in [2.45, 2.75) is 31.8 Å². The lowest BCUT2D eigenvalue weighted by atomic mass is 10.0. The first-order valence-corrected chi connectivity index (χ1v) is 5.68. The molecule has 0 spiro atoms. The standard InChI is InChI=1S/C13H15FN2/c14-12-5-3-4-11(8-12)10-16-7-2-1-6-13(16)9-15/h3-5,8,13H,1-2,6-7,10H2. The Hall–Kier alpha value is -1.40. The molecule has 1 atom stereocenters. The molecule has 0 saturated carbocycles. The first-order valence-electron chi connectivity index (χ1n) is 5.68. The van der Waals surface area contributed by atoms with E-state index in [9.17, 15) is 4.39 Å². The Kier molecular flexibility index (Phi) is 3.53. The number of benzene rings is 1. The van der Waals surface area contributed by atoms with E-state index >= 15 is 0 Å². The van der Waals surface area contributed by atoms with Gasteiger partial charge in [0.25, 0.3) is 0 Å². The summed E-state index contributed by atoms with van der Waals surface area (Å²) in [6.45, 7) is 1.62. The number of piperidine rings is 1. The van der Waals surface area contributed by atoms with E-state index in [1.54, 1.807) is 12.1 Å². The molecule has 0 aromatic heterocycles. The fraction of sp³-hybridized carbons (Fsp3) is 0.462. The molecule has 84 valence electrons. The van der Waals surface area contributed by atoms with Crippen LogP contribution in [0.15, 0.2) is 24.3 Å². The van der Waals surface area contributed by atoms with Crippen LogP contribution in [0.2, 0.25) is 0 Å². The maximum Gasteiger partial charge on any atom is 0.123 e. The molecule has 0 amide bonds. The van der Waals surface area contributed by atoms with Crippen molar-refractivity contribution in [1.82, 2.24) is 4.90 Å². The van der Waals surface area contributed by atoms with E-state index in [-0.39, 0.29) is 11.9 Å². The number of nitriles is 1. The molecule has 1 fully saturated rings. The minimum atomic E-state index is -0.206. The van der Waals surface area contributed by atoms with Crippen LogP contribution in [0.5, 0.6) is 0 Å². The molecule has 2 nitrogen and oxygen atoms in total. The van der Waals surface area contributed by atoms with Gasteiger partial charge in [-0.05, 0) is 43.5 Å². The largest absolute Gasteiger partial charge is 0.284 e. The lowest BCUT2D eigenvalue weighted by Crippen LogP contribution is -2.37. The number of rotatable bonds is 2. The van der Waals surface area contributed by atoms with Crippen LogP contribution in [0.25, 0.3) is 0 Å². The summed E-state index contributed by atoms with van der Waals surface area (Å²) in [6, 6.07) is 8.94. The van der Waals surface area contributed by atoms with Gasteiger partial charge in [-0.25, -0.2) is 4.39 Å². The highest BCUT2D eigenvalue weighted by Crippen LogP contribution is 2.19. The van der Waals surface area contributed by atoms with Crippen molar-refractivity contribution in [3.63, 3.8) is 0 Å². The van der Waals surface area contributed by atoms with E-state index in [0.717, 1.165) is 31.4 Å². The van der Waals surface area contributed by atoms with Crippen LogP contribution in [0.3, 0.4) is 0 Å². The van der Waals surface area contributed by atoms with Crippen LogP contribution in [-0.2, 0) is 6.54 Å². The highest BCUT2D eigenvalue weighted by atomic mass is 19.1. The zero-order valence-corrected chi connectivity index (χ0v) is 9.19. The second-order valence-corrected chi connectivity index (χ2v) is 4.24. The summed E-state index contributed by atoms with van der Waals surface area (Å²) >= 11 is 0. The zero-order valence-electron chi connectivity index (χ0n) is 9.19. The molecule has 0 N–H and O–H groups in total. The Bertz CT molecular complexity index is 397. The molecule has 1 aromatic carbocycles. The molecule has 2 rings (SSSR count). The molecule has 1 unspecified atom stereocenters. The molecule has 1 aliphatic heterocycles. The van der Waals surface area contributed by atoms with E-state index < -0.39 is 0 Å². The summed E-state index contributed by atoms with van der Waals surface area (Å²) in [5, 5.41) is 9.03. The van der Waals surface area contributed by atoms with Crippen LogP contribution in [0, 0.1) is 17.1 Å². The normalized spacial score (nSPS) is 21.6. The second-order valence-electron chi connectivity index (χ2n) is 4.24. The number of hydrogen-bond acceptors (Lipinski definition) is 2. The molecule has 0 radical (unpaired) electrons. The fourth-order valence-electron chi connectivity index (χ4n) is 2.20. The third-order valence-electron chi connectivity index (χ3n) is 3.04. The van der Waals surface area contributed by atoms with Gasteiger partial charge < -0.3 is 0 Å². The maximum absolute atomic E-state index is 13.0. The second kappa shape index (κ2) is 5.09. The Labute approximate surface area is 95.3 Å². The minimum absolute atomic E-state index is 0.00276. The topological polar surface area (TPSA) is 27.0 Å². The lowest BCUT2D eigenvalue weighted by Gasteiger charge is -2.31. The quantitative estimate of drug-likeness (QED) is 0.763. The SMILES string of the molecule is N#CC1CCCCN1Cc1cccc(F)c1. The first-order chi connectivity index (χ1) is 7.79. The smallest absolute Gasteiger partial charge is 0.123 e. The summed E-state index contributed by atoms with van der Waals surface area (Å²) in [5.41, 5.74) is 0.946. The summed E-state index contributed by atoms with van der Waals surface area (Å²) in [5.74, 6) is -0.206. The Morgan fingerprint density at radius 3 is 3.06 bits per heavy atom. The average molecular weight is 218 g/mol. The molecule has 1 heterocycles. The van der Waals surface area contributed by atoms with E-state index in [1.165, 1.54) is 6.07 Å². The Morgan fingerprint density at radius 1 is 1.44 bits per heavy atom. The van der Waals surface area contributed by atoms with E-state index in [1.807, 2.05) is 6.07 Å². The van der Waals surface area contributed by atoms with Crippen molar-refractivity contribution in [3.8, 4) is 6.07 Å². The molecule has 0 bridgehead atoms. The third-order valence-corrected chi connectivity index (χ3v) is 3.04. The van der Waals surface area contributed by atoms with Gasteiger partial charge in [0, 0.05) is 6.54 Å². The number of likely N-dealkylation sites (tertiary alicyclic amines) is 1. The molecule has 1 saturated heterocycles. The van der Waals surface area contributed by atoms with Gasteiger partial charge in [0.15, 0.2) is 0 Å². The van der Waals surface area contributed by atoms with Gasteiger partial charge in [0.2, 0.25) is 0 Å². The summed E-state index contributed by atoms with van der Waals surface area (Å²) < 4.78 is 13.0. The Morgan fingerprint density at radius 2 is 2.31 bits per heavy atom. The number of halogens is 1. The van der Waals surface area contributed by atoms with Crippen molar-refractivity contribution >= 4 is 0 Å². The van der Waals surface area contributed by atoms with E-state index in [0.29, 0.717) is 6.54 Å². The highest BCUT2D eigenvalue weighted by molar-refractivity contribution is 5.16. The molecule has 1 aliphatic rings. The highest BCUT2D eigenvalue weighted by Gasteiger charge is 2.21. The molecule has 3 heteroatoms. The van der Waals surface area contributed by atoms with Crippen molar-refractivity contribution in [2.24, 2.45) is 0 Å². The lowest BCUT2D eigenvalue weighted by molar-refractivity contribution is 0.176.